The molecule has 5 rings (SSSR count). The van der Waals surface area contributed by atoms with Gasteiger partial charge in [-0.05, 0) is 42.6 Å². The largest absolute Gasteiger partial charge is 0.454 e. The molecule has 0 unspecified atom stereocenters. The van der Waals surface area contributed by atoms with Crippen LogP contribution in [-0.2, 0) is 16.1 Å². The molecule has 3 aliphatic heterocycles. The van der Waals surface area contributed by atoms with Crippen molar-refractivity contribution in [2.45, 2.75) is 37.9 Å². The third kappa shape index (κ3) is 5.30. The highest BCUT2D eigenvalue weighted by molar-refractivity contribution is 6.31. The van der Waals surface area contributed by atoms with Crippen LogP contribution in [0.1, 0.15) is 36.4 Å². The molecule has 182 valence electrons. The van der Waals surface area contributed by atoms with Gasteiger partial charge in [-0.15, -0.1) is 0 Å². The van der Waals surface area contributed by atoms with Gasteiger partial charge in [-0.3, -0.25) is 14.7 Å². The number of amides is 1. The molecule has 0 bridgehead atoms. The summed E-state index contributed by atoms with van der Waals surface area (Å²) in [6.07, 6.45) is 6.13. The highest BCUT2D eigenvalue weighted by Crippen LogP contribution is 2.36. The summed E-state index contributed by atoms with van der Waals surface area (Å²) in [5, 5.41) is 4.15. The van der Waals surface area contributed by atoms with Gasteiger partial charge in [-0.1, -0.05) is 17.7 Å². The van der Waals surface area contributed by atoms with Crippen LogP contribution in [0.15, 0.2) is 36.7 Å². The van der Waals surface area contributed by atoms with E-state index in [1.807, 2.05) is 24.4 Å². The van der Waals surface area contributed by atoms with Gasteiger partial charge < -0.3 is 24.4 Å². The number of aromatic nitrogens is 1. The minimum Gasteiger partial charge on any atom is -0.454 e. The van der Waals surface area contributed by atoms with Gasteiger partial charge >= 0.3 is 0 Å². The first kappa shape index (κ1) is 23.4. The van der Waals surface area contributed by atoms with Crippen molar-refractivity contribution in [2.24, 2.45) is 0 Å². The lowest BCUT2D eigenvalue weighted by Crippen LogP contribution is -2.46. The number of nitrogens with zero attached hydrogens (tertiary/aromatic N) is 3. The van der Waals surface area contributed by atoms with Gasteiger partial charge in [0.2, 0.25) is 12.7 Å². The lowest BCUT2D eigenvalue weighted by atomic mass is 10.0. The molecule has 4 heterocycles. The van der Waals surface area contributed by atoms with Gasteiger partial charge in [0.15, 0.2) is 11.5 Å². The summed E-state index contributed by atoms with van der Waals surface area (Å²) >= 11 is 6.40. The van der Waals surface area contributed by atoms with Crippen LogP contribution in [0.3, 0.4) is 0 Å². The van der Waals surface area contributed by atoms with E-state index in [2.05, 4.69) is 26.2 Å². The molecule has 1 aromatic carbocycles. The molecular weight excluding hydrogens is 456 g/mol. The summed E-state index contributed by atoms with van der Waals surface area (Å²) in [5.74, 6) is 1.67. The van der Waals surface area contributed by atoms with Crippen molar-refractivity contribution in [1.82, 2.24) is 20.1 Å². The maximum Gasteiger partial charge on any atom is 0.231 e. The molecule has 0 radical (unpaired) electrons. The molecule has 0 spiro atoms. The monoisotopic (exact) mass is 486 g/mol. The summed E-state index contributed by atoms with van der Waals surface area (Å²) < 4.78 is 16.4. The number of benzene rings is 1. The average molecular weight is 487 g/mol. The van der Waals surface area contributed by atoms with Crippen LogP contribution in [0.2, 0.25) is 5.02 Å². The van der Waals surface area contributed by atoms with E-state index in [1.165, 1.54) is 0 Å². The molecule has 1 aromatic heterocycles. The first-order valence-electron chi connectivity index (χ1n) is 12.0. The molecular formula is C25H31ClN4O4. The summed E-state index contributed by atoms with van der Waals surface area (Å²) in [4.78, 5) is 21.7. The molecule has 2 saturated heterocycles. The Morgan fingerprint density at radius 3 is 2.82 bits per heavy atom. The zero-order chi connectivity index (χ0) is 23.3. The van der Waals surface area contributed by atoms with Gasteiger partial charge in [0.1, 0.15) is 0 Å². The maximum absolute atomic E-state index is 12.8. The highest BCUT2D eigenvalue weighted by atomic mass is 35.5. The maximum atomic E-state index is 12.8. The number of carbonyl (C=O) groups is 1. The van der Waals surface area contributed by atoms with E-state index >= 15 is 0 Å². The molecule has 1 N–H and O–H groups in total. The summed E-state index contributed by atoms with van der Waals surface area (Å²) in [6.45, 7) is 5.54. The number of rotatable bonds is 9. The summed E-state index contributed by atoms with van der Waals surface area (Å²) in [6, 6.07) is 8.18. The third-order valence-corrected chi connectivity index (χ3v) is 7.24. The van der Waals surface area contributed by atoms with Crippen LogP contribution in [0.4, 0.5) is 0 Å². The number of morpholine rings is 1. The number of hydrogen-bond donors (Lipinski definition) is 1. The molecule has 1 amide bonds. The molecule has 9 heteroatoms. The Kier molecular flexibility index (Phi) is 7.49. The van der Waals surface area contributed by atoms with Crippen molar-refractivity contribution in [3.8, 4) is 11.5 Å². The average Bonchev–Trinajstić information content (AvgIpc) is 3.47. The minimum absolute atomic E-state index is 0.127. The Hall–Kier alpha value is -2.39. The van der Waals surface area contributed by atoms with Gasteiger partial charge in [-0.2, -0.15) is 0 Å². The number of likely N-dealkylation sites (tertiary alicyclic amines) is 1. The molecule has 0 saturated carbocycles. The fourth-order valence-corrected chi connectivity index (χ4v) is 5.23. The normalized spacial score (nSPS) is 21.3. The van der Waals surface area contributed by atoms with Crippen molar-refractivity contribution in [3.63, 3.8) is 0 Å². The second kappa shape index (κ2) is 10.9. The standard InChI is InChI=1S/C25H31ClN4O4/c26-21-13-24-23(33-17-34-24)12-19(21)15-28-7-5-20-3-4-25(31)30(20)16-22(18-2-1-6-27-14-18)29-8-10-32-11-9-29/h1-2,6,12-14,20,22,28H,3-5,7-11,15-17H2/t20-,22-/m0/s1. The lowest BCUT2D eigenvalue weighted by molar-refractivity contribution is -0.130. The number of carbonyl (C=O) groups excluding carboxylic acids is 1. The Balaban J connectivity index is 1.19. The first-order valence-corrected chi connectivity index (χ1v) is 12.4. The number of ether oxygens (including phenoxy) is 3. The zero-order valence-electron chi connectivity index (χ0n) is 19.2. The second-order valence-electron chi connectivity index (χ2n) is 8.95. The zero-order valence-corrected chi connectivity index (χ0v) is 20.0. The van der Waals surface area contributed by atoms with Crippen molar-refractivity contribution >= 4 is 17.5 Å². The predicted octanol–water partition coefficient (Wildman–Crippen LogP) is 3.01. The van der Waals surface area contributed by atoms with E-state index in [0.29, 0.717) is 30.3 Å². The molecule has 2 fully saturated rings. The van der Waals surface area contributed by atoms with Crippen molar-refractivity contribution < 1.29 is 19.0 Å². The van der Waals surface area contributed by atoms with Crippen LogP contribution >= 0.6 is 11.6 Å². The molecule has 34 heavy (non-hydrogen) atoms. The Morgan fingerprint density at radius 1 is 1.21 bits per heavy atom. The Morgan fingerprint density at radius 2 is 2.03 bits per heavy atom. The topological polar surface area (TPSA) is 76.2 Å². The van der Waals surface area contributed by atoms with Crippen molar-refractivity contribution in [2.75, 3.05) is 46.2 Å². The fourth-order valence-electron chi connectivity index (χ4n) is 5.01. The van der Waals surface area contributed by atoms with E-state index in [4.69, 9.17) is 25.8 Å². The third-order valence-electron chi connectivity index (χ3n) is 6.89. The van der Waals surface area contributed by atoms with Crippen LogP contribution in [0, 0.1) is 0 Å². The quantitative estimate of drug-likeness (QED) is 0.546. The van der Waals surface area contributed by atoms with Crippen LogP contribution in [0.25, 0.3) is 0 Å². The van der Waals surface area contributed by atoms with Crippen molar-refractivity contribution in [3.05, 3.63) is 52.8 Å². The molecule has 2 atom stereocenters. The number of nitrogens with one attached hydrogen (secondary N) is 1. The molecule has 3 aliphatic rings. The molecule has 2 aromatic rings. The number of halogens is 1. The Bertz CT molecular complexity index is 986. The van der Waals surface area contributed by atoms with E-state index in [-0.39, 0.29) is 24.8 Å². The first-order chi connectivity index (χ1) is 16.7. The van der Waals surface area contributed by atoms with Gasteiger partial charge in [0, 0.05) is 62.1 Å². The number of fused-ring (bicyclic) bond motifs is 1. The van der Waals surface area contributed by atoms with Gasteiger partial charge in [-0.25, -0.2) is 0 Å². The summed E-state index contributed by atoms with van der Waals surface area (Å²) in [5.41, 5.74) is 2.13. The fraction of sp³-hybridized carbons (Fsp3) is 0.520. The van der Waals surface area contributed by atoms with E-state index in [0.717, 1.165) is 62.6 Å². The van der Waals surface area contributed by atoms with E-state index in [1.54, 1.807) is 6.20 Å². The van der Waals surface area contributed by atoms with Gasteiger partial charge in [0.05, 0.1) is 19.3 Å². The number of hydrogen-bond acceptors (Lipinski definition) is 7. The van der Waals surface area contributed by atoms with Crippen LogP contribution in [-0.4, -0.2) is 72.9 Å². The Labute approximate surface area is 205 Å². The molecule has 0 aliphatic carbocycles. The van der Waals surface area contributed by atoms with Crippen LogP contribution < -0.4 is 14.8 Å². The van der Waals surface area contributed by atoms with E-state index < -0.39 is 0 Å². The van der Waals surface area contributed by atoms with Gasteiger partial charge in [0.25, 0.3) is 0 Å². The summed E-state index contributed by atoms with van der Waals surface area (Å²) in [7, 11) is 0. The van der Waals surface area contributed by atoms with Crippen LogP contribution in [0.5, 0.6) is 11.5 Å². The van der Waals surface area contributed by atoms with E-state index in [9.17, 15) is 4.79 Å². The smallest absolute Gasteiger partial charge is 0.231 e. The highest BCUT2D eigenvalue weighted by Gasteiger charge is 2.34. The second-order valence-corrected chi connectivity index (χ2v) is 9.36. The predicted molar refractivity (Wildman–Crippen MR) is 128 cm³/mol. The molecule has 8 nitrogen and oxygen atoms in total. The number of pyridine rings is 1. The van der Waals surface area contributed by atoms with Crippen molar-refractivity contribution in [1.29, 1.82) is 0 Å². The minimum atomic E-state index is 0.127. The lowest BCUT2D eigenvalue weighted by Gasteiger charge is -2.38. The SMILES string of the molecule is O=C1CC[C@@H](CCNCc2cc3c(cc2Cl)OCO3)N1C[C@@H](c1cccnc1)N1CCOCC1.